The lowest BCUT2D eigenvalue weighted by Crippen LogP contribution is -2.30. The van der Waals surface area contributed by atoms with Crippen molar-refractivity contribution in [3.8, 4) is 11.5 Å². The summed E-state index contributed by atoms with van der Waals surface area (Å²) in [5.74, 6) is 0.225. The number of nitrogens with two attached hydrogens (primary N) is 1. The molecule has 1 aromatic rings. The quantitative estimate of drug-likeness (QED) is 0.799. The lowest BCUT2D eigenvalue weighted by molar-refractivity contribution is -0.148. The van der Waals surface area contributed by atoms with Crippen LogP contribution in [0.1, 0.15) is 26.3 Å². The van der Waals surface area contributed by atoms with Gasteiger partial charge in [0.1, 0.15) is 6.61 Å². The van der Waals surface area contributed by atoms with E-state index in [0.29, 0.717) is 11.5 Å². The third-order valence-corrected chi connectivity index (χ3v) is 2.95. The molecule has 5 nitrogen and oxygen atoms in total. The van der Waals surface area contributed by atoms with Crippen LogP contribution in [0.5, 0.6) is 11.5 Å². The van der Waals surface area contributed by atoms with Crippen LogP contribution in [-0.2, 0) is 11.2 Å². The fraction of sp³-hybridized carbons (Fsp3) is 0.533. The van der Waals surface area contributed by atoms with E-state index in [1.54, 1.807) is 27.0 Å². The number of hydrogen-bond acceptors (Lipinski definition) is 4. The highest BCUT2D eigenvalue weighted by Crippen LogP contribution is 2.30. The molecule has 0 radical (unpaired) electrons. The molecule has 3 N–H and O–H groups in total. The van der Waals surface area contributed by atoms with E-state index in [1.165, 1.54) is 0 Å². The molecule has 0 saturated heterocycles. The van der Waals surface area contributed by atoms with E-state index in [-0.39, 0.29) is 12.6 Å². The van der Waals surface area contributed by atoms with Gasteiger partial charge in [-0.25, -0.2) is 0 Å². The number of aliphatic carboxylic acids is 1. The summed E-state index contributed by atoms with van der Waals surface area (Å²) in [7, 11) is 1.55. The summed E-state index contributed by atoms with van der Waals surface area (Å²) in [6.45, 7) is 5.24. The van der Waals surface area contributed by atoms with E-state index in [4.69, 9.17) is 20.3 Å². The van der Waals surface area contributed by atoms with Gasteiger partial charge in [-0.15, -0.1) is 0 Å². The lowest BCUT2D eigenvalue weighted by Gasteiger charge is -2.21. The third-order valence-electron chi connectivity index (χ3n) is 2.95. The van der Waals surface area contributed by atoms with Gasteiger partial charge in [0.15, 0.2) is 11.5 Å². The molecule has 0 spiro atoms. The van der Waals surface area contributed by atoms with Crippen LogP contribution >= 0.6 is 0 Å². The molecule has 0 amide bonds. The zero-order valence-corrected chi connectivity index (χ0v) is 12.5. The number of ether oxygens (including phenoxy) is 2. The largest absolute Gasteiger partial charge is 0.493 e. The molecule has 0 bridgehead atoms. The predicted octanol–water partition coefficient (Wildman–Crippen LogP) is 2.07. The molecule has 1 atom stereocenters. The maximum Gasteiger partial charge on any atom is 0.312 e. The van der Waals surface area contributed by atoms with Crippen molar-refractivity contribution in [2.75, 3.05) is 13.7 Å². The van der Waals surface area contributed by atoms with E-state index in [0.717, 1.165) is 12.0 Å². The summed E-state index contributed by atoms with van der Waals surface area (Å²) in [6.07, 6.45) is 0.725. The highest BCUT2D eigenvalue weighted by Gasteiger charge is 2.28. The van der Waals surface area contributed by atoms with Crippen LogP contribution in [0, 0.1) is 5.41 Å². The van der Waals surface area contributed by atoms with Crippen molar-refractivity contribution < 1.29 is 19.4 Å². The van der Waals surface area contributed by atoms with Crippen LogP contribution in [0.2, 0.25) is 0 Å². The van der Waals surface area contributed by atoms with Crippen molar-refractivity contribution in [1.29, 1.82) is 0 Å². The van der Waals surface area contributed by atoms with Gasteiger partial charge in [0.2, 0.25) is 0 Å². The molecule has 0 aliphatic rings. The Kier molecular flexibility index (Phi) is 5.39. The first-order valence-corrected chi connectivity index (χ1v) is 6.55. The van der Waals surface area contributed by atoms with Crippen molar-refractivity contribution in [3.63, 3.8) is 0 Å². The summed E-state index contributed by atoms with van der Waals surface area (Å²) in [5, 5.41) is 9.09. The Bertz CT molecular complexity index is 469. The van der Waals surface area contributed by atoms with Crippen molar-refractivity contribution in [2.24, 2.45) is 11.1 Å². The van der Waals surface area contributed by atoms with Gasteiger partial charge in [-0.1, -0.05) is 6.07 Å². The highest BCUT2D eigenvalue weighted by molar-refractivity contribution is 5.73. The maximum atomic E-state index is 11.1. The van der Waals surface area contributed by atoms with Crippen molar-refractivity contribution in [2.45, 2.75) is 33.2 Å². The molecule has 1 unspecified atom stereocenters. The van der Waals surface area contributed by atoms with Gasteiger partial charge in [-0.3, -0.25) is 4.79 Å². The van der Waals surface area contributed by atoms with Gasteiger partial charge in [-0.2, -0.15) is 0 Å². The summed E-state index contributed by atoms with van der Waals surface area (Å²) in [4.78, 5) is 11.1. The molecule has 0 aromatic heterocycles. The first-order valence-electron chi connectivity index (χ1n) is 6.55. The van der Waals surface area contributed by atoms with E-state index < -0.39 is 11.4 Å². The average Bonchev–Trinajstić information content (AvgIpc) is 2.35. The monoisotopic (exact) mass is 281 g/mol. The van der Waals surface area contributed by atoms with Crippen LogP contribution in [-0.4, -0.2) is 30.8 Å². The molecule has 1 rings (SSSR count). The molecule has 5 heteroatoms. The van der Waals surface area contributed by atoms with Crippen LogP contribution < -0.4 is 15.2 Å². The number of rotatable bonds is 7. The summed E-state index contributed by atoms with van der Waals surface area (Å²) in [5.41, 5.74) is 5.85. The predicted molar refractivity (Wildman–Crippen MR) is 77.3 cm³/mol. The van der Waals surface area contributed by atoms with Crippen molar-refractivity contribution in [3.05, 3.63) is 23.8 Å². The number of benzene rings is 1. The second-order valence-corrected chi connectivity index (χ2v) is 5.64. The molecule has 1 aromatic carbocycles. The SMILES string of the molecule is COc1ccc(CC(C)N)cc1OCC(C)(C)C(=O)O. The van der Waals surface area contributed by atoms with E-state index in [1.807, 2.05) is 19.1 Å². The van der Waals surface area contributed by atoms with Gasteiger partial charge < -0.3 is 20.3 Å². The highest BCUT2D eigenvalue weighted by atomic mass is 16.5. The average molecular weight is 281 g/mol. The topological polar surface area (TPSA) is 81.8 Å². The maximum absolute atomic E-state index is 11.1. The molecule has 0 aliphatic carbocycles. The Labute approximate surface area is 119 Å². The second kappa shape index (κ2) is 6.61. The number of carbonyl (C=O) groups is 1. The Hall–Kier alpha value is -1.75. The van der Waals surface area contributed by atoms with Gasteiger partial charge >= 0.3 is 5.97 Å². The fourth-order valence-electron chi connectivity index (χ4n) is 1.65. The zero-order valence-electron chi connectivity index (χ0n) is 12.5. The Balaban J connectivity index is 2.88. The fourth-order valence-corrected chi connectivity index (χ4v) is 1.65. The summed E-state index contributed by atoms with van der Waals surface area (Å²) in [6, 6.07) is 5.63. The number of methoxy groups -OCH3 is 1. The van der Waals surface area contributed by atoms with Crippen LogP contribution in [0.25, 0.3) is 0 Å². The lowest BCUT2D eigenvalue weighted by atomic mass is 9.95. The van der Waals surface area contributed by atoms with E-state index in [9.17, 15) is 4.79 Å². The number of carboxylic acids is 1. The molecule has 20 heavy (non-hydrogen) atoms. The minimum absolute atomic E-state index is 0.0479. The van der Waals surface area contributed by atoms with Gasteiger partial charge in [0.25, 0.3) is 0 Å². The minimum Gasteiger partial charge on any atom is -0.493 e. The van der Waals surface area contributed by atoms with Crippen LogP contribution in [0.15, 0.2) is 18.2 Å². The molecular weight excluding hydrogens is 258 g/mol. The number of carboxylic acid groups (broad SMARTS) is 1. The molecule has 112 valence electrons. The Morgan fingerprint density at radius 1 is 1.40 bits per heavy atom. The first-order chi connectivity index (χ1) is 9.26. The van der Waals surface area contributed by atoms with E-state index >= 15 is 0 Å². The standard InChI is InChI=1S/C15H23NO4/c1-10(16)7-11-5-6-12(19-4)13(8-11)20-9-15(2,3)14(17)18/h5-6,8,10H,7,9,16H2,1-4H3,(H,17,18). The Morgan fingerprint density at radius 3 is 2.55 bits per heavy atom. The molecular formula is C15H23NO4. The Morgan fingerprint density at radius 2 is 2.05 bits per heavy atom. The molecule has 0 heterocycles. The summed E-state index contributed by atoms with van der Waals surface area (Å²) < 4.78 is 10.9. The van der Waals surface area contributed by atoms with Gasteiger partial charge in [0, 0.05) is 6.04 Å². The first kappa shape index (κ1) is 16.3. The van der Waals surface area contributed by atoms with Crippen LogP contribution in [0.3, 0.4) is 0 Å². The van der Waals surface area contributed by atoms with Crippen LogP contribution in [0.4, 0.5) is 0 Å². The van der Waals surface area contributed by atoms with Crippen molar-refractivity contribution >= 4 is 5.97 Å². The zero-order chi connectivity index (χ0) is 15.3. The van der Waals surface area contributed by atoms with Gasteiger partial charge in [-0.05, 0) is 44.9 Å². The van der Waals surface area contributed by atoms with Crippen molar-refractivity contribution in [1.82, 2.24) is 0 Å². The molecule has 0 aliphatic heterocycles. The normalized spacial score (nSPS) is 12.8. The number of hydrogen-bond donors (Lipinski definition) is 2. The van der Waals surface area contributed by atoms with E-state index in [2.05, 4.69) is 0 Å². The third kappa shape index (κ3) is 4.42. The second-order valence-electron chi connectivity index (χ2n) is 5.64. The smallest absolute Gasteiger partial charge is 0.312 e. The molecule has 0 saturated carbocycles. The molecule has 0 fully saturated rings. The van der Waals surface area contributed by atoms with Gasteiger partial charge in [0.05, 0.1) is 12.5 Å². The summed E-state index contributed by atoms with van der Waals surface area (Å²) >= 11 is 0. The minimum atomic E-state index is -0.956.